The molecule has 37 heavy (non-hydrogen) atoms. The van der Waals surface area contributed by atoms with E-state index in [0.29, 0.717) is 24.6 Å². The maximum atomic E-state index is 11.3. The molecule has 0 unspecified atom stereocenters. The van der Waals surface area contributed by atoms with E-state index in [2.05, 4.69) is 10.6 Å². The minimum atomic E-state index is -0.462. The highest BCUT2D eigenvalue weighted by Gasteiger charge is 2.18. The maximum absolute atomic E-state index is 11.3. The fourth-order valence-corrected chi connectivity index (χ4v) is 3.91. The molecule has 0 fully saturated rings. The van der Waals surface area contributed by atoms with Crippen molar-refractivity contribution in [1.82, 2.24) is 0 Å². The van der Waals surface area contributed by atoms with Gasteiger partial charge < -0.3 is 29.5 Å². The predicted molar refractivity (Wildman–Crippen MR) is 152 cm³/mol. The second-order valence-corrected chi connectivity index (χ2v) is 10.6. The van der Waals surface area contributed by atoms with Crippen LogP contribution in [0.5, 0.6) is 11.5 Å². The van der Waals surface area contributed by atoms with E-state index in [1.165, 1.54) is 7.69 Å². The van der Waals surface area contributed by atoms with Crippen molar-refractivity contribution in [1.29, 1.82) is 0 Å². The van der Waals surface area contributed by atoms with Crippen molar-refractivity contribution in [3.05, 3.63) is 72.8 Å². The van der Waals surface area contributed by atoms with E-state index < -0.39 is 10.8 Å². The van der Waals surface area contributed by atoms with Crippen molar-refractivity contribution in [2.45, 2.75) is 27.7 Å². The molecule has 6 nitrogen and oxygen atoms in total. The van der Waals surface area contributed by atoms with Gasteiger partial charge in [-0.3, -0.25) is 0 Å². The Bertz CT molecular complexity index is 1310. The van der Waals surface area contributed by atoms with Gasteiger partial charge >= 0.3 is 7.69 Å². The summed E-state index contributed by atoms with van der Waals surface area (Å²) in [5.41, 5.74) is 0.948. The third-order valence-corrected chi connectivity index (χ3v) is 6.23. The zero-order valence-electron chi connectivity index (χ0n) is 21.7. The number of fused-ring (bicyclic) bond motifs is 2. The Morgan fingerprint density at radius 2 is 1.00 bits per heavy atom. The molecule has 0 amide bonds. The number of rotatable bonds is 12. The monoisotopic (exact) mass is 495 g/mol. The van der Waals surface area contributed by atoms with Crippen molar-refractivity contribution in [3.8, 4) is 11.5 Å². The highest BCUT2D eigenvalue weighted by molar-refractivity contribution is 6.22. The predicted octanol–water partition coefficient (Wildman–Crippen LogP) is 6.26. The summed E-state index contributed by atoms with van der Waals surface area (Å²) >= 11 is 0. The zero-order valence-corrected chi connectivity index (χ0v) is 21.7. The van der Waals surface area contributed by atoms with Crippen LogP contribution < -0.4 is 19.9 Å². The molecular formula is C30H32BN2O4. The maximum Gasteiger partial charge on any atom is 0.658 e. The molecule has 0 aliphatic rings. The van der Waals surface area contributed by atoms with E-state index >= 15 is 0 Å². The lowest BCUT2D eigenvalue weighted by molar-refractivity contribution is -0.114. The summed E-state index contributed by atoms with van der Waals surface area (Å²) in [7, 11) is 1.34. The molecule has 0 aromatic heterocycles. The Balaban J connectivity index is 1.50. The average Bonchev–Trinajstić information content (AvgIpc) is 2.92. The highest BCUT2D eigenvalue weighted by atomic mass is 16.6. The first kappa shape index (κ1) is 26.1. The summed E-state index contributed by atoms with van der Waals surface area (Å²) in [6.45, 7) is 8.66. The molecule has 4 aromatic carbocycles. The summed E-state index contributed by atoms with van der Waals surface area (Å²) in [5.74, 6) is 1.32. The van der Waals surface area contributed by atoms with Crippen LogP contribution in [0.25, 0.3) is 21.5 Å². The molecule has 0 bridgehead atoms. The topological polar surface area (TPSA) is 76.7 Å². The number of anilines is 2. The molecule has 1 radical (unpaired) electrons. The molecule has 7 heteroatoms. The van der Waals surface area contributed by atoms with Gasteiger partial charge in [0.05, 0.1) is 0 Å². The van der Waals surface area contributed by atoms with Gasteiger partial charge in [-0.2, -0.15) is 0 Å². The fourth-order valence-electron chi connectivity index (χ4n) is 3.91. The van der Waals surface area contributed by atoms with Gasteiger partial charge in [0.15, 0.2) is 0 Å². The van der Waals surface area contributed by atoms with Crippen molar-refractivity contribution < 1.29 is 18.9 Å². The Morgan fingerprint density at radius 1 is 0.622 bits per heavy atom. The second kappa shape index (κ2) is 11.0. The van der Waals surface area contributed by atoms with Gasteiger partial charge in [-0.1, -0.05) is 76.2 Å². The largest absolute Gasteiger partial charge is 0.658 e. The number of carbonyl (C=O) groups excluding carboxylic acids is 2. The summed E-state index contributed by atoms with van der Waals surface area (Å²) < 4.78 is 11.9. The van der Waals surface area contributed by atoms with Crippen LogP contribution in [0.3, 0.4) is 0 Å². The Labute approximate surface area is 218 Å². The van der Waals surface area contributed by atoms with Gasteiger partial charge in [-0.15, -0.1) is 0 Å². The normalized spacial score (nSPS) is 11.7. The number of nitrogens with one attached hydrogen (secondary N) is 2. The van der Waals surface area contributed by atoms with Crippen LogP contribution in [-0.4, -0.2) is 33.3 Å². The first-order chi connectivity index (χ1) is 17.7. The molecule has 4 aromatic rings. The summed E-state index contributed by atoms with van der Waals surface area (Å²) in [6.07, 6.45) is 1.93. The molecule has 0 aliphatic heterocycles. The van der Waals surface area contributed by atoms with Crippen LogP contribution in [0.2, 0.25) is 0 Å². The van der Waals surface area contributed by atoms with Crippen LogP contribution in [0.4, 0.5) is 11.4 Å². The minimum absolute atomic E-state index is 0.462. The SMILES string of the molecule is CC(C)(C=O)CNc1ccc(O[B]Oc2ccc(NCC(C)(C)C=O)c3ccccc23)c2ccccc12. The lowest BCUT2D eigenvalue weighted by Gasteiger charge is -2.20. The van der Waals surface area contributed by atoms with E-state index in [-0.39, 0.29) is 0 Å². The molecule has 0 spiro atoms. The van der Waals surface area contributed by atoms with Gasteiger partial charge in [-0.05, 0) is 24.3 Å². The van der Waals surface area contributed by atoms with Gasteiger partial charge in [0.2, 0.25) is 0 Å². The first-order valence-electron chi connectivity index (χ1n) is 12.3. The molecule has 189 valence electrons. The molecule has 0 atom stereocenters. The molecule has 0 heterocycles. The minimum Gasteiger partial charge on any atom is -0.526 e. The Kier molecular flexibility index (Phi) is 7.72. The third-order valence-electron chi connectivity index (χ3n) is 6.23. The molecule has 0 aliphatic carbocycles. The lowest BCUT2D eigenvalue weighted by atomic mass is 9.95. The highest BCUT2D eigenvalue weighted by Crippen LogP contribution is 2.34. The Morgan fingerprint density at radius 3 is 1.38 bits per heavy atom. The van der Waals surface area contributed by atoms with Crippen LogP contribution in [-0.2, 0) is 9.59 Å². The van der Waals surface area contributed by atoms with Gasteiger partial charge in [0.25, 0.3) is 0 Å². The van der Waals surface area contributed by atoms with Crippen molar-refractivity contribution >= 4 is 53.2 Å². The van der Waals surface area contributed by atoms with E-state index in [1.807, 2.05) is 100 Å². The fraction of sp³-hybridized carbons (Fsp3) is 0.267. The van der Waals surface area contributed by atoms with E-state index in [0.717, 1.165) is 45.5 Å². The van der Waals surface area contributed by atoms with Crippen molar-refractivity contribution in [3.63, 3.8) is 0 Å². The first-order valence-corrected chi connectivity index (χ1v) is 12.3. The Hall–Kier alpha value is -4.00. The summed E-state index contributed by atoms with van der Waals surface area (Å²) in [4.78, 5) is 22.6. The quantitative estimate of drug-likeness (QED) is 0.179. The molecule has 0 saturated heterocycles. The van der Waals surface area contributed by atoms with Gasteiger partial charge in [0, 0.05) is 56.8 Å². The average molecular weight is 495 g/mol. The van der Waals surface area contributed by atoms with E-state index in [1.54, 1.807) is 0 Å². The number of aldehydes is 2. The van der Waals surface area contributed by atoms with Crippen molar-refractivity contribution in [2.24, 2.45) is 10.8 Å². The van der Waals surface area contributed by atoms with Crippen LogP contribution in [0, 0.1) is 10.8 Å². The number of carbonyl (C=O) groups is 2. The summed E-state index contributed by atoms with van der Waals surface area (Å²) in [5, 5.41) is 10.6. The molecule has 0 saturated carbocycles. The standard InChI is InChI=1S/C30H32BN2O4/c1-29(2,19-34)17-32-25-13-15-27(23-11-7-5-9-21(23)25)36-31-37-28-16-14-26(33-18-30(3,4)20-35)22-10-6-8-12-24(22)28/h5-16,19-20,32-33H,17-18H2,1-4H3. The number of benzene rings is 4. The number of hydrogen-bond donors (Lipinski definition) is 2. The molecular weight excluding hydrogens is 463 g/mol. The van der Waals surface area contributed by atoms with Crippen LogP contribution >= 0.6 is 0 Å². The van der Waals surface area contributed by atoms with E-state index in [4.69, 9.17) is 9.31 Å². The van der Waals surface area contributed by atoms with Crippen LogP contribution in [0.15, 0.2) is 72.8 Å². The van der Waals surface area contributed by atoms with Crippen LogP contribution in [0.1, 0.15) is 27.7 Å². The smallest absolute Gasteiger partial charge is 0.526 e. The number of hydrogen-bond acceptors (Lipinski definition) is 6. The summed E-state index contributed by atoms with van der Waals surface area (Å²) in [6, 6.07) is 23.6. The van der Waals surface area contributed by atoms with Gasteiger partial charge in [0.1, 0.15) is 24.1 Å². The van der Waals surface area contributed by atoms with E-state index in [9.17, 15) is 9.59 Å². The van der Waals surface area contributed by atoms with Crippen molar-refractivity contribution in [2.75, 3.05) is 23.7 Å². The lowest BCUT2D eigenvalue weighted by Crippen LogP contribution is -2.24. The molecule has 4 rings (SSSR count). The third kappa shape index (κ3) is 6.23. The van der Waals surface area contributed by atoms with Gasteiger partial charge in [-0.25, -0.2) is 0 Å². The molecule has 2 N–H and O–H groups in total. The second-order valence-electron chi connectivity index (χ2n) is 10.6. The zero-order chi connectivity index (χ0) is 26.5.